The second-order valence-corrected chi connectivity index (χ2v) is 19.7. The fraction of sp³-hybridized carbons (Fsp3) is 0.714. The minimum Gasteiger partial charge on any atom is -0.487 e. The highest BCUT2D eigenvalue weighted by Crippen LogP contribution is 2.47. The molecule has 6 N–H and O–H groups in total. The molecule has 2 aromatic carbocycles. The van der Waals surface area contributed by atoms with Crippen LogP contribution in [0, 0.1) is 5.92 Å². The predicted octanol–water partition coefficient (Wildman–Crippen LogP) is 7.35. The van der Waals surface area contributed by atoms with Crippen LogP contribution in [-0.4, -0.2) is 111 Å². The number of hydrogen-bond acceptors (Lipinski definition) is 13. The number of rotatable bonds is 11. The molecule has 0 spiro atoms. The Kier molecular flexibility index (Phi) is 16.4. The van der Waals surface area contributed by atoms with Crippen LogP contribution in [-0.2, 0) is 25.0 Å². The molecule has 5 aliphatic heterocycles. The third kappa shape index (κ3) is 11.1. The Bertz CT molecular complexity index is 1540. The number of aliphatic hydroxyl groups is 2. The van der Waals surface area contributed by atoms with E-state index in [4.69, 9.17) is 9.47 Å². The van der Waals surface area contributed by atoms with Crippen molar-refractivity contribution in [1.29, 1.82) is 0 Å². The highest BCUT2D eigenvalue weighted by molar-refractivity contribution is 8.76. The second kappa shape index (κ2) is 20.2. The molecule has 5 heterocycles. The van der Waals surface area contributed by atoms with E-state index >= 15 is 0 Å². The average molecular weight is 821 g/mol. The quantitative estimate of drug-likeness (QED) is 0.100. The molecule has 13 heteroatoms. The molecule has 10 nitrogen and oxygen atoms in total. The number of piperidine rings is 1. The van der Waals surface area contributed by atoms with Gasteiger partial charge in [0.1, 0.15) is 35.9 Å². The smallest absolute Gasteiger partial charge is 0.126 e. The van der Waals surface area contributed by atoms with Gasteiger partial charge < -0.3 is 40.7 Å². The van der Waals surface area contributed by atoms with E-state index in [0.717, 1.165) is 75.2 Å². The number of ether oxygens (including phenoxy) is 2. The number of fused-ring (bicyclic) bond motifs is 3. The van der Waals surface area contributed by atoms with Crippen LogP contribution in [0.4, 0.5) is 0 Å². The van der Waals surface area contributed by atoms with Gasteiger partial charge in [0.2, 0.25) is 0 Å². The van der Waals surface area contributed by atoms with Crippen molar-refractivity contribution in [3.63, 3.8) is 0 Å². The summed E-state index contributed by atoms with van der Waals surface area (Å²) in [4.78, 5) is 2.70. The van der Waals surface area contributed by atoms with Crippen molar-refractivity contribution >= 4 is 33.3 Å². The molecule has 0 amide bonds. The van der Waals surface area contributed by atoms with E-state index < -0.39 is 12.2 Å². The Morgan fingerprint density at radius 2 is 1.49 bits per heavy atom. The van der Waals surface area contributed by atoms with Crippen LogP contribution in [0.3, 0.4) is 0 Å². The highest BCUT2D eigenvalue weighted by Gasteiger charge is 2.51. The molecule has 0 radical (unpaired) electrons. The standard InChI is InChI=1S/C23H38N2O3S.C17H24N2O3S2.C2H6/c1-7-15-10-20-16(11-21(15)29-6)8-9-19(28-20)18(26)14-24-13-17-12-22(2,3)25(27)23(17,4)5;20-14(9-18-13-3-5-19(21)6-4-13)15-2-1-11-8-17-12(10-23-24-17)7-16(11)22-15;1-2/h10-11,17-19,24,26-27H,7-9,12-14H2,1-6H3;7-8,13-15,18,20-21H,1-6,9-10H2;1-2H3. The van der Waals surface area contributed by atoms with Gasteiger partial charge in [0.25, 0.3) is 0 Å². The first-order valence-corrected chi connectivity index (χ1v) is 24.0. The number of nitrogens with one attached hydrogen (secondary N) is 2. The van der Waals surface area contributed by atoms with Crippen LogP contribution in [0.2, 0.25) is 0 Å². The van der Waals surface area contributed by atoms with Crippen LogP contribution in [0.25, 0.3) is 0 Å². The molecule has 7 rings (SSSR count). The number of hydroxylamine groups is 4. The summed E-state index contributed by atoms with van der Waals surface area (Å²) >= 11 is 1.79. The lowest BCUT2D eigenvalue weighted by Crippen LogP contribution is -2.49. The summed E-state index contributed by atoms with van der Waals surface area (Å²) in [6.07, 6.45) is 8.10. The molecule has 2 aromatic rings. The molecular weight excluding hydrogens is 753 g/mol. The van der Waals surface area contributed by atoms with Crippen LogP contribution >= 0.6 is 33.3 Å². The topological polar surface area (TPSA) is 130 Å². The molecule has 5 unspecified atom stereocenters. The fourth-order valence-electron chi connectivity index (χ4n) is 8.53. The first-order valence-electron chi connectivity index (χ1n) is 20.5. The van der Waals surface area contributed by atoms with Gasteiger partial charge in [-0.2, -0.15) is 10.1 Å². The zero-order chi connectivity index (χ0) is 39.9. The molecule has 0 aliphatic carbocycles. The molecule has 5 atom stereocenters. The van der Waals surface area contributed by atoms with Crippen molar-refractivity contribution in [2.24, 2.45) is 5.92 Å². The van der Waals surface area contributed by atoms with Gasteiger partial charge in [0.05, 0.1) is 0 Å². The molecule has 55 heavy (non-hydrogen) atoms. The molecule has 310 valence electrons. The van der Waals surface area contributed by atoms with Gasteiger partial charge in [-0.1, -0.05) is 42.4 Å². The van der Waals surface area contributed by atoms with Gasteiger partial charge >= 0.3 is 0 Å². The minimum absolute atomic E-state index is 0.136. The summed E-state index contributed by atoms with van der Waals surface area (Å²) in [5.41, 5.74) is 4.68. The lowest BCUT2D eigenvalue weighted by atomic mass is 9.87. The van der Waals surface area contributed by atoms with Crippen molar-refractivity contribution in [2.45, 2.75) is 157 Å². The zero-order valence-electron chi connectivity index (χ0n) is 34.4. The summed E-state index contributed by atoms with van der Waals surface area (Å²) in [5.74, 6) is 3.25. The van der Waals surface area contributed by atoms with E-state index in [1.165, 1.54) is 42.2 Å². The van der Waals surface area contributed by atoms with E-state index in [1.807, 2.05) is 35.4 Å². The zero-order valence-corrected chi connectivity index (χ0v) is 36.8. The van der Waals surface area contributed by atoms with Gasteiger partial charge in [-0.25, -0.2) is 0 Å². The van der Waals surface area contributed by atoms with Gasteiger partial charge in [-0.15, -0.1) is 11.8 Å². The van der Waals surface area contributed by atoms with Crippen molar-refractivity contribution in [2.75, 3.05) is 39.0 Å². The number of aliphatic hydroxyl groups excluding tert-OH is 2. The highest BCUT2D eigenvalue weighted by atomic mass is 33.1. The van der Waals surface area contributed by atoms with Crippen LogP contribution in [0.15, 0.2) is 34.1 Å². The predicted molar refractivity (Wildman–Crippen MR) is 227 cm³/mol. The maximum atomic E-state index is 10.7. The first kappa shape index (κ1) is 44.9. The third-order valence-corrected chi connectivity index (χ3v) is 15.1. The largest absolute Gasteiger partial charge is 0.487 e. The SMILES string of the molecule is CC.CCc1cc2c(cc1SC)CCC(C(O)CNCC1CC(C)(C)N(O)C1(C)C)O2.OC(CNC1CCN(O)CC1)C1CCc2cc3c(cc2O1)CSS3. The third-order valence-electron chi connectivity index (χ3n) is 12.0. The van der Waals surface area contributed by atoms with E-state index in [1.54, 1.807) is 11.8 Å². The van der Waals surface area contributed by atoms with Crippen molar-refractivity contribution < 1.29 is 30.1 Å². The summed E-state index contributed by atoms with van der Waals surface area (Å²) in [6.45, 7) is 17.7. The maximum absolute atomic E-state index is 10.7. The van der Waals surface area contributed by atoms with E-state index in [-0.39, 0.29) is 23.3 Å². The number of benzene rings is 2. The molecule has 2 saturated heterocycles. The van der Waals surface area contributed by atoms with Crippen LogP contribution in [0.1, 0.15) is 103 Å². The molecular formula is C42H68N4O6S3. The van der Waals surface area contributed by atoms with Crippen molar-refractivity contribution in [3.05, 3.63) is 46.5 Å². The normalized spacial score (nSPS) is 25.5. The van der Waals surface area contributed by atoms with Crippen LogP contribution in [0.5, 0.6) is 11.5 Å². The molecule has 5 aliphatic rings. The van der Waals surface area contributed by atoms with Gasteiger partial charge in [-0.3, -0.25) is 0 Å². The summed E-state index contributed by atoms with van der Waals surface area (Å²) in [7, 11) is 3.73. The maximum Gasteiger partial charge on any atom is 0.126 e. The van der Waals surface area contributed by atoms with Crippen molar-refractivity contribution in [3.8, 4) is 11.5 Å². The summed E-state index contributed by atoms with van der Waals surface area (Å²) < 4.78 is 12.3. The monoisotopic (exact) mass is 820 g/mol. The van der Waals surface area contributed by atoms with E-state index in [2.05, 4.69) is 75.8 Å². The first-order chi connectivity index (χ1) is 26.3. The Balaban J connectivity index is 0.000000205. The number of hydrogen-bond donors (Lipinski definition) is 6. The fourth-order valence-corrected chi connectivity index (χ4v) is 11.7. The number of thioether (sulfide) groups is 1. The van der Waals surface area contributed by atoms with Gasteiger partial charge in [0, 0.05) is 58.8 Å². The summed E-state index contributed by atoms with van der Waals surface area (Å²) in [6, 6.07) is 9.22. The van der Waals surface area contributed by atoms with Gasteiger partial charge in [-0.05, 0) is 144 Å². The number of nitrogens with zero attached hydrogens (tertiary/aromatic N) is 2. The van der Waals surface area contributed by atoms with E-state index in [0.29, 0.717) is 38.1 Å². The molecule has 0 saturated carbocycles. The molecule has 0 aromatic heterocycles. The van der Waals surface area contributed by atoms with Crippen LogP contribution < -0.4 is 20.1 Å². The van der Waals surface area contributed by atoms with E-state index in [9.17, 15) is 20.6 Å². The number of aryl methyl sites for hydroxylation is 3. The Labute approximate surface area is 342 Å². The summed E-state index contributed by atoms with van der Waals surface area (Å²) in [5, 5.41) is 50.9. The lowest BCUT2D eigenvalue weighted by molar-refractivity contribution is -0.196. The average Bonchev–Trinajstić information content (AvgIpc) is 3.71. The lowest BCUT2D eigenvalue weighted by Gasteiger charge is -2.36. The van der Waals surface area contributed by atoms with Gasteiger partial charge in [0.15, 0.2) is 0 Å². The second-order valence-electron chi connectivity index (χ2n) is 16.5. The van der Waals surface area contributed by atoms with Crippen molar-refractivity contribution in [1.82, 2.24) is 20.8 Å². The molecule has 2 fully saturated rings. The Morgan fingerprint density at radius 1 is 0.873 bits per heavy atom. The Morgan fingerprint density at radius 3 is 2.09 bits per heavy atom. The Hall–Kier alpha value is -1.23. The minimum atomic E-state index is -0.545. The molecule has 0 bridgehead atoms.